The van der Waals surface area contributed by atoms with E-state index < -0.39 is 0 Å². The van der Waals surface area contributed by atoms with Crippen molar-refractivity contribution in [2.24, 2.45) is 0 Å². The predicted octanol–water partition coefficient (Wildman–Crippen LogP) is 1.64. The molecule has 5 nitrogen and oxygen atoms in total. The molecule has 100 valence electrons. The monoisotopic (exact) mass is 276 g/mol. The van der Waals surface area contributed by atoms with Gasteiger partial charge in [-0.05, 0) is 36.9 Å². The van der Waals surface area contributed by atoms with Crippen LogP contribution in [-0.4, -0.2) is 32.2 Å². The summed E-state index contributed by atoms with van der Waals surface area (Å²) in [5.74, 6) is 0.791. The third-order valence-corrected chi connectivity index (χ3v) is 3.66. The summed E-state index contributed by atoms with van der Waals surface area (Å²) in [5.41, 5.74) is 1.00. The van der Waals surface area contributed by atoms with Crippen LogP contribution in [0.1, 0.15) is 12.5 Å². The Morgan fingerprint density at radius 1 is 1.53 bits per heavy atom. The summed E-state index contributed by atoms with van der Waals surface area (Å²) in [7, 11) is 0. The van der Waals surface area contributed by atoms with Gasteiger partial charge in [-0.3, -0.25) is 4.79 Å². The Kier molecular flexibility index (Phi) is 4.57. The van der Waals surface area contributed by atoms with E-state index in [4.69, 9.17) is 0 Å². The van der Waals surface area contributed by atoms with Crippen LogP contribution in [0.3, 0.4) is 0 Å². The van der Waals surface area contributed by atoms with Crippen molar-refractivity contribution < 1.29 is 4.79 Å². The number of pyridine rings is 1. The summed E-state index contributed by atoms with van der Waals surface area (Å²) in [4.78, 5) is 15.9. The van der Waals surface area contributed by atoms with E-state index in [1.54, 1.807) is 17.1 Å². The van der Waals surface area contributed by atoms with Gasteiger partial charge >= 0.3 is 0 Å². The van der Waals surface area contributed by atoms with Crippen LogP contribution in [0.4, 0.5) is 0 Å². The minimum atomic E-state index is -0.0348. The standard InChI is InChI=1S/C13H16N4OS/c1-10(19-2)13(18)15-9-11-4-6-14-12(8-11)17-7-3-5-16-17/h3-8,10H,9H2,1-2H3,(H,15,18)/t10-/m0/s1. The number of rotatable bonds is 5. The molecule has 0 saturated heterocycles. The lowest BCUT2D eigenvalue weighted by atomic mass is 10.2. The molecule has 1 atom stereocenters. The second kappa shape index (κ2) is 6.38. The molecule has 0 aliphatic rings. The molecule has 0 aliphatic carbocycles. The quantitative estimate of drug-likeness (QED) is 0.902. The fourth-order valence-corrected chi connectivity index (χ4v) is 1.84. The minimum Gasteiger partial charge on any atom is -0.351 e. The van der Waals surface area contributed by atoms with Crippen molar-refractivity contribution in [1.29, 1.82) is 0 Å². The van der Waals surface area contributed by atoms with Gasteiger partial charge in [-0.15, -0.1) is 0 Å². The molecule has 0 saturated carbocycles. The molecule has 0 fully saturated rings. The van der Waals surface area contributed by atoms with Gasteiger partial charge in [0.25, 0.3) is 0 Å². The third-order valence-electron chi connectivity index (χ3n) is 2.74. The first kappa shape index (κ1) is 13.6. The van der Waals surface area contributed by atoms with Crippen molar-refractivity contribution in [2.45, 2.75) is 18.7 Å². The van der Waals surface area contributed by atoms with E-state index in [1.807, 2.05) is 37.6 Å². The number of carbonyl (C=O) groups is 1. The molecule has 2 aromatic heterocycles. The second-order valence-electron chi connectivity index (χ2n) is 4.07. The fraction of sp³-hybridized carbons (Fsp3) is 0.308. The Morgan fingerprint density at radius 3 is 3.05 bits per heavy atom. The zero-order valence-corrected chi connectivity index (χ0v) is 11.7. The van der Waals surface area contributed by atoms with E-state index in [1.165, 1.54) is 11.8 Å². The van der Waals surface area contributed by atoms with Gasteiger partial charge < -0.3 is 5.32 Å². The van der Waals surface area contributed by atoms with Crippen molar-refractivity contribution in [3.05, 3.63) is 42.4 Å². The molecule has 2 rings (SSSR count). The number of amides is 1. The smallest absolute Gasteiger partial charge is 0.233 e. The predicted molar refractivity (Wildman–Crippen MR) is 76.2 cm³/mol. The first-order chi connectivity index (χ1) is 9.20. The molecule has 0 bridgehead atoms. The van der Waals surface area contributed by atoms with Gasteiger partial charge in [0.1, 0.15) is 0 Å². The SMILES string of the molecule is CS[C@@H](C)C(=O)NCc1ccnc(-n2cccn2)c1. The van der Waals surface area contributed by atoms with Crippen LogP contribution in [0.25, 0.3) is 5.82 Å². The highest BCUT2D eigenvalue weighted by Crippen LogP contribution is 2.08. The van der Waals surface area contributed by atoms with Gasteiger partial charge in [0.05, 0.1) is 5.25 Å². The molecule has 0 unspecified atom stereocenters. The summed E-state index contributed by atoms with van der Waals surface area (Å²) in [6, 6.07) is 5.64. The van der Waals surface area contributed by atoms with Crippen LogP contribution in [0.2, 0.25) is 0 Å². The number of thioether (sulfide) groups is 1. The largest absolute Gasteiger partial charge is 0.351 e. The maximum atomic E-state index is 11.7. The molecular formula is C13H16N4OS. The van der Waals surface area contributed by atoms with E-state index in [9.17, 15) is 4.79 Å². The van der Waals surface area contributed by atoms with Crippen molar-refractivity contribution >= 4 is 17.7 Å². The minimum absolute atomic E-state index is 0.0348. The van der Waals surface area contributed by atoms with Gasteiger partial charge in [-0.1, -0.05) is 0 Å². The van der Waals surface area contributed by atoms with Crippen molar-refractivity contribution in [3.8, 4) is 5.82 Å². The van der Waals surface area contributed by atoms with Gasteiger partial charge in [0.2, 0.25) is 5.91 Å². The molecule has 2 heterocycles. The number of hydrogen-bond donors (Lipinski definition) is 1. The average molecular weight is 276 g/mol. The van der Waals surface area contributed by atoms with Crippen LogP contribution >= 0.6 is 11.8 Å². The molecule has 0 aromatic carbocycles. The summed E-state index contributed by atoms with van der Waals surface area (Å²) in [5, 5.41) is 7.00. The number of carbonyl (C=O) groups excluding carboxylic acids is 1. The third kappa shape index (κ3) is 3.57. The van der Waals surface area contributed by atoms with Crippen molar-refractivity contribution in [3.63, 3.8) is 0 Å². The highest BCUT2D eigenvalue weighted by atomic mass is 32.2. The Balaban J connectivity index is 2.02. The maximum absolute atomic E-state index is 11.7. The normalized spacial score (nSPS) is 12.1. The highest BCUT2D eigenvalue weighted by Gasteiger charge is 2.10. The van der Waals surface area contributed by atoms with Gasteiger partial charge in [0, 0.05) is 25.1 Å². The van der Waals surface area contributed by atoms with E-state index in [2.05, 4.69) is 15.4 Å². The molecule has 0 aliphatic heterocycles. The Bertz CT molecular complexity index is 541. The van der Waals surface area contributed by atoms with E-state index in [-0.39, 0.29) is 11.2 Å². The Hall–Kier alpha value is -1.82. The van der Waals surface area contributed by atoms with E-state index >= 15 is 0 Å². The Morgan fingerprint density at radius 2 is 2.37 bits per heavy atom. The van der Waals surface area contributed by atoms with E-state index in [0.717, 1.165) is 11.4 Å². The average Bonchev–Trinajstić information content (AvgIpc) is 2.98. The number of nitrogens with one attached hydrogen (secondary N) is 1. The van der Waals surface area contributed by atoms with Crippen molar-refractivity contribution in [1.82, 2.24) is 20.1 Å². The molecule has 0 radical (unpaired) electrons. The van der Waals surface area contributed by atoms with Crippen LogP contribution in [0.5, 0.6) is 0 Å². The zero-order chi connectivity index (χ0) is 13.7. The molecule has 1 amide bonds. The summed E-state index contributed by atoms with van der Waals surface area (Å²) in [6.45, 7) is 2.39. The number of aromatic nitrogens is 3. The molecule has 2 aromatic rings. The van der Waals surface area contributed by atoms with Crippen LogP contribution in [-0.2, 0) is 11.3 Å². The summed E-state index contributed by atoms with van der Waals surface area (Å²) < 4.78 is 1.69. The van der Waals surface area contributed by atoms with Crippen molar-refractivity contribution in [2.75, 3.05) is 6.26 Å². The number of hydrogen-bond acceptors (Lipinski definition) is 4. The molecule has 0 spiro atoms. The summed E-state index contributed by atoms with van der Waals surface area (Å²) in [6.07, 6.45) is 7.18. The van der Waals surface area contributed by atoms with Gasteiger partial charge in [0.15, 0.2) is 5.82 Å². The Labute approximate surface area is 116 Å². The van der Waals surface area contributed by atoms with E-state index in [0.29, 0.717) is 6.54 Å². The topological polar surface area (TPSA) is 59.8 Å². The molecule has 19 heavy (non-hydrogen) atoms. The van der Waals surface area contributed by atoms with Gasteiger partial charge in [-0.2, -0.15) is 16.9 Å². The van der Waals surface area contributed by atoms with Crippen LogP contribution in [0.15, 0.2) is 36.8 Å². The maximum Gasteiger partial charge on any atom is 0.233 e. The van der Waals surface area contributed by atoms with Gasteiger partial charge in [-0.25, -0.2) is 9.67 Å². The molecule has 1 N–H and O–H groups in total. The molecular weight excluding hydrogens is 260 g/mol. The van der Waals surface area contributed by atoms with Crippen LogP contribution in [0, 0.1) is 0 Å². The first-order valence-corrected chi connectivity index (χ1v) is 7.25. The number of nitrogens with zero attached hydrogens (tertiary/aromatic N) is 3. The van der Waals surface area contributed by atoms with Crippen LogP contribution < -0.4 is 5.32 Å². The first-order valence-electron chi connectivity index (χ1n) is 5.96. The summed E-state index contributed by atoms with van der Waals surface area (Å²) >= 11 is 1.53. The lowest BCUT2D eigenvalue weighted by Crippen LogP contribution is -2.30. The lowest BCUT2D eigenvalue weighted by Gasteiger charge is -2.10. The highest BCUT2D eigenvalue weighted by molar-refractivity contribution is 7.99. The molecule has 6 heteroatoms. The lowest BCUT2D eigenvalue weighted by molar-refractivity contribution is -0.120. The fourth-order valence-electron chi connectivity index (χ4n) is 1.54. The zero-order valence-electron chi connectivity index (χ0n) is 10.9. The second-order valence-corrected chi connectivity index (χ2v) is 5.25.